The quantitative estimate of drug-likeness (QED) is 0.864. The van der Waals surface area contributed by atoms with Gasteiger partial charge in [0.15, 0.2) is 0 Å². The van der Waals surface area contributed by atoms with Gasteiger partial charge in [0.25, 0.3) is 0 Å². The second kappa shape index (κ2) is 6.09. The number of benzene rings is 1. The first kappa shape index (κ1) is 14.6. The van der Waals surface area contributed by atoms with E-state index in [0.717, 1.165) is 17.0 Å². The molecule has 3 nitrogen and oxygen atoms in total. The molecule has 0 bridgehead atoms. The van der Waals surface area contributed by atoms with Crippen LogP contribution in [0, 0.1) is 20.8 Å². The molecule has 0 aliphatic carbocycles. The van der Waals surface area contributed by atoms with Gasteiger partial charge in [-0.25, -0.2) is 9.78 Å². The molecule has 0 unspecified atom stereocenters. The van der Waals surface area contributed by atoms with Crippen LogP contribution < -0.4 is 0 Å². The molecule has 0 aliphatic rings. The SMILES string of the molecule is Cc1cc(C)c(C(=O)O)c(SCc2ccccc2C)n1. The summed E-state index contributed by atoms with van der Waals surface area (Å²) in [4.78, 5) is 15.8. The Hall–Kier alpha value is -1.81. The Morgan fingerprint density at radius 2 is 1.90 bits per heavy atom. The number of thioether (sulfide) groups is 1. The van der Waals surface area contributed by atoms with Crippen molar-refractivity contribution in [1.29, 1.82) is 0 Å². The van der Waals surface area contributed by atoms with Crippen LogP contribution in [0.1, 0.15) is 32.7 Å². The van der Waals surface area contributed by atoms with Gasteiger partial charge in [0.05, 0.1) is 5.56 Å². The van der Waals surface area contributed by atoms with Gasteiger partial charge in [-0.3, -0.25) is 0 Å². The van der Waals surface area contributed by atoms with Gasteiger partial charge in [-0.05, 0) is 43.5 Å². The van der Waals surface area contributed by atoms with Crippen molar-refractivity contribution in [3.8, 4) is 0 Å². The zero-order valence-corrected chi connectivity index (χ0v) is 12.6. The van der Waals surface area contributed by atoms with Gasteiger partial charge in [-0.15, -0.1) is 11.8 Å². The van der Waals surface area contributed by atoms with E-state index >= 15 is 0 Å². The lowest BCUT2D eigenvalue weighted by atomic mass is 10.1. The summed E-state index contributed by atoms with van der Waals surface area (Å²) in [5.74, 6) is -0.190. The number of aryl methyl sites for hydroxylation is 3. The van der Waals surface area contributed by atoms with Crippen LogP contribution in [0.25, 0.3) is 0 Å². The molecule has 0 atom stereocenters. The second-order valence-corrected chi connectivity index (χ2v) is 5.75. The zero-order valence-electron chi connectivity index (χ0n) is 11.8. The van der Waals surface area contributed by atoms with Crippen molar-refractivity contribution in [2.45, 2.75) is 31.6 Å². The first-order chi connectivity index (χ1) is 9.49. The number of hydrogen-bond donors (Lipinski definition) is 1. The molecule has 1 N–H and O–H groups in total. The minimum Gasteiger partial charge on any atom is -0.478 e. The molecule has 0 fully saturated rings. The molecule has 0 amide bonds. The lowest BCUT2D eigenvalue weighted by molar-refractivity contribution is 0.0691. The van der Waals surface area contributed by atoms with E-state index in [0.29, 0.717) is 10.6 Å². The highest BCUT2D eigenvalue weighted by Crippen LogP contribution is 2.28. The van der Waals surface area contributed by atoms with Crippen molar-refractivity contribution in [3.05, 3.63) is 58.3 Å². The third-order valence-electron chi connectivity index (χ3n) is 3.15. The highest BCUT2D eigenvalue weighted by atomic mass is 32.2. The number of carbonyl (C=O) groups is 1. The molecular weight excluding hydrogens is 270 g/mol. The molecule has 0 radical (unpaired) electrons. The predicted octanol–water partition coefficient (Wildman–Crippen LogP) is 4.00. The minimum atomic E-state index is -0.915. The molecule has 104 valence electrons. The fraction of sp³-hybridized carbons (Fsp3) is 0.250. The number of pyridine rings is 1. The standard InChI is InChI=1S/C16H17NO2S/c1-10-6-4-5-7-13(10)9-20-15-14(16(18)19)11(2)8-12(3)17-15/h4-8H,9H2,1-3H3,(H,18,19). The zero-order chi connectivity index (χ0) is 14.7. The summed E-state index contributed by atoms with van der Waals surface area (Å²) < 4.78 is 0. The lowest BCUT2D eigenvalue weighted by Gasteiger charge is -2.10. The predicted molar refractivity (Wildman–Crippen MR) is 81.4 cm³/mol. The van der Waals surface area contributed by atoms with E-state index in [2.05, 4.69) is 24.0 Å². The monoisotopic (exact) mass is 287 g/mol. The van der Waals surface area contributed by atoms with Crippen LogP contribution >= 0.6 is 11.8 Å². The Balaban J connectivity index is 2.30. The highest BCUT2D eigenvalue weighted by Gasteiger charge is 2.16. The van der Waals surface area contributed by atoms with Gasteiger partial charge in [0.2, 0.25) is 0 Å². The first-order valence-corrected chi connectivity index (χ1v) is 7.36. The Kier molecular flexibility index (Phi) is 4.45. The van der Waals surface area contributed by atoms with E-state index in [1.807, 2.05) is 26.0 Å². The summed E-state index contributed by atoms with van der Waals surface area (Å²) in [5.41, 5.74) is 4.34. The van der Waals surface area contributed by atoms with Gasteiger partial charge in [-0.2, -0.15) is 0 Å². The number of carboxylic acid groups (broad SMARTS) is 1. The second-order valence-electron chi connectivity index (χ2n) is 4.78. The topological polar surface area (TPSA) is 50.2 Å². The van der Waals surface area contributed by atoms with Crippen molar-refractivity contribution in [2.24, 2.45) is 0 Å². The largest absolute Gasteiger partial charge is 0.478 e. The summed E-state index contributed by atoms with van der Waals surface area (Å²) in [7, 11) is 0. The summed E-state index contributed by atoms with van der Waals surface area (Å²) >= 11 is 1.48. The van der Waals surface area contributed by atoms with Crippen LogP contribution in [0.15, 0.2) is 35.4 Å². The van der Waals surface area contributed by atoms with Gasteiger partial charge in [-0.1, -0.05) is 24.3 Å². The average molecular weight is 287 g/mol. The molecule has 1 heterocycles. The number of rotatable bonds is 4. The van der Waals surface area contributed by atoms with E-state index in [4.69, 9.17) is 0 Å². The van der Waals surface area contributed by atoms with Crippen molar-refractivity contribution in [2.75, 3.05) is 0 Å². The maximum absolute atomic E-state index is 11.4. The smallest absolute Gasteiger partial charge is 0.338 e. The van der Waals surface area contributed by atoms with Crippen molar-refractivity contribution >= 4 is 17.7 Å². The molecule has 20 heavy (non-hydrogen) atoms. The van der Waals surface area contributed by atoms with Crippen molar-refractivity contribution < 1.29 is 9.90 Å². The van der Waals surface area contributed by atoms with Gasteiger partial charge < -0.3 is 5.11 Å². The Bertz CT molecular complexity index is 653. The van der Waals surface area contributed by atoms with Crippen LogP contribution in [-0.4, -0.2) is 16.1 Å². The van der Waals surface area contributed by atoms with E-state index in [1.165, 1.54) is 22.9 Å². The van der Waals surface area contributed by atoms with E-state index in [9.17, 15) is 9.90 Å². The molecule has 1 aromatic carbocycles. The van der Waals surface area contributed by atoms with Crippen LogP contribution in [0.4, 0.5) is 0 Å². The molecule has 2 rings (SSSR count). The van der Waals surface area contributed by atoms with Crippen LogP contribution in [0.2, 0.25) is 0 Å². The van der Waals surface area contributed by atoms with E-state index < -0.39 is 5.97 Å². The number of carboxylic acids is 1. The first-order valence-electron chi connectivity index (χ1n) is 6.38. The molecule has 1 aromatic heterocycles. The van der Waals surface area contributed by atoms with Crippen molar-refractivity contribution in [1.82, 2.24) is 4.98 Å². The van der Waals surface area contributed by atoms with E-state index in [1.54, 1.807) is 6.07 Å². The molecule has 0 spiro atoms. The number of aromatic nitrogens is 1. The molecule has 4 heteroatoms. The summed E-state index contributed by atoms with van der Waals surface area (Å²) in [6, 6.07) is 9.92. The fourth-order valence-electron chi connectivity index (χ4n) is 2.09. The highest BCUT2D eigenvalue weighted by molar-refractivity contribution is 7.98. The molecule has 0 saturated carbocycles. The van der Waals surface area contributed by atoms with Gasteiger partial charge in [0.1, 0.15) is 5.03 Å². The third kappa shape index (κ3) is 3.20. The molecule has 0 saturated heterocycles. The molecular formula is C16H17NO2S. The third-order valence-corrected chi connectivity index (χ3v) is 4.18. The van der Waals surface area contributed by atoms with Crippen molar-refractivity contribution in [3.63, 3.8) is 0 Å². The van der Waals surface area contributed by atoms with E-state index in [-0.39, 0.29) is 0 Å². The Morgan fingerprint density at radius 1 is 1.20 bits per heavy atom. The van der Waals surface area contributed by atoms with Crippen LogP contribution in [-0.2, 0) is 5.75 Å². The maximum atomic E-state index is 11.4. The molecule has 2 aromatic rings. The number of aromatic carboxylic acids is 1. The normalized spacial score (nSPS) is 10.6. The minimum absolute atomic E-state index is 0.314. The summed E-state index contributed by atoms with van der Waals surface area (Å²) in [6.07, 6.45) is 0. The number of nitrogens with zero attached hydrogens (tertiary/aromatic N) is 1. The number of hydrogen-bond acceptors (Lipinski definition) is 3. The Morgan fingerprint density at radius 3 is 2.55 bits per heavy atom. The van der Waals surface area contributed by atoms with Crippen LogP contribution in [0.5, 0.6) is 0 Å². The summed E-state index contributed by atoms with van der Waals surface area (Å²) in [6.45, 7) is 5.76. The van der Waals surface area contributed by atoms with Crippen LogP contribution in [0.3, 0.4) is 0 Å². The average Bonchev–Trinajstić information content (AvgIpc) is 2.36. The van der Waals surface area contributed by atoms with Gasteiger partial charge in [0, 0.05) is 11.4 Å². The summed E-state index contributed by atoms with van der Waals surface area (Å²) in [5, 5.41) is 9.93. The lowest BCUT2D eigenvalue weighted by Crippen LogP contribution is -2.05. The Labute approximate surface area is 123 Å². The maximum Gasteiger partial charge on any atom is 0.338 e. The van der Waals surface area contributed by atoms with Gasteiger partial charge >= 0.3 is 5.97 Å². The molecule has 0 aliphatic heterocycles. The fourth-order valence-corrected chi connectivity index (χ4v) is 3.30.